The summed E-state index contributed by atoms with van der Waals surface area (Å²) in [5, 5.41) is 8.00. The van der Waals surface area contributed by atoms with Gasteiger partial charge in [-0.2, -0.15) is 0 Å². The van der Waals surface area contributed by atoms with Gasteiger partial charge in [0.2, 0.25) is 0 Å². The van der Waals surface area contributed by atoms with E-state index in [2.05, 4.69) is 41.4 Å². The standard InChI is InChI=1S/C16H28N4S.HI/c1-11-5-7-14(8-6-11)9-18-16(17-4)19-10-15-12(2)20-13(3)21-15;/h11,14H,5-10H2,1-4H3,(H2,17,18,19);1H. The van der Waals surface area contributed by atoms with Gasteiger partial charge in [0.05, 0.1) is 17.2 Å². The first kappa shape index (κ1) is 19.7. The molecule has 0 atom stereocenters. The third-order valence-corrected chi connectivity index (χ3v) is 5.41. The molecule has 1 aliphatic rings. The van der Waals surface area contributed by atoms with E-state index < -0.39 is 0 Å². The molecule has 1 aromatic heterocycles. The van der Waals surface area contributed by atoms with Crippen LogP contribution < -0.4 is 10.6 Å². The molecule has 1 fully saturated rings. The summed E-state index contributed by atoms with van der Waals surface area (Å²) in [5.74, 6) is 2.61. The van der Waals surface area contributed by atoms with Gasteiger partial charge in [0.15, 0.2) is 5.96 Å². The highest BCUT2D eigenvalue weighted by atomic mass is 127. The van der Waals surface area contributed by atoms with Gasteiger partial charge in [-0.1, -0.05) is 19.8 Å². The molecule has 0 aromatic carbocycles. The highest BCUT2D eigenvalue weighted by Gasteiger charge is 2.18. The van der Waals surface area contributed by atoms with Gasteiger partial charge in [0.25, 0.3) is 0 Å². The number of thiazole rings is 1. The maximum atomic E-state index is 4.46. The largest absolute Gasteiger partial charge is 0.356 e. The topological polar surface area (TPSA) is 49.3 Å². The van der Waals surface area contributed by atoms with Crippen LogP contribution in [-0.4, -0.2) is 24.5 Å². The minimum absolute atomic E-state index is 0. The van der Waals surface area contributed by atoms with Gasteiger partial charge < -0.3 is 10.6 Å². The van der Waals surface area contributed by atoms with E-state index in [1.54, 1.807) is 11.3 Å². The highest BCUT2D eigenvalue weighted by molar-refractivity contribution is 14.0. The first-order valence-corrected chi connectivity index (χ1v) is 8.77. The van der Waals surface area contributed by atoms with Gasteiger partial charge in [0.1, 0.15) is 0 Å². The van der Waals surface area contributed by atoms with E-state index in [1.807, 2.05) is 7.05 Å². The van der Waals surface area contributed by atoms with Crippen LogP contribution in [0.2, 0.25) is 0 Å². The quantitative estimate of drug-likeness (QED) is 0.428. The second-order valence-corrected chi connectivity index (χ2v) is 7.46. The summed E-state index contributed by atoms with van der Waals surface area (Å²) in [6.45, 7) is 8.33. The number of rotatable bonds is 4. The molecular formula is C16H29IN4S. The highest BCUT2D eigenvalue weighted by Crippen LogP contribution is 2.27. The molecule has 1 aromatic rings. The molecule has 1 saturated carbocycles. The van der Waals surface area contributed by atoms with Crippen LogP contribution in [-0.2, 0) is 6.54 Å². The van der Waals surface area contributed by atoms with Crippen molar-refractivity contribution in [2.45, 2.75) is 53.0 Å². The maximum absolute atomic E-state index is 4.46. The number of guanidine groups is 1. The number of aryl methyl sites for hydroxylation is 2. The molecule has 1 aliphatic carbocycles. The van der Waals surface area contributed by atoms with E-state index in [4.69, 9.17) is 0 Å². The molecule has 0 radical (unpaired) electrons. The fourth-order valence-electron chi connectivity index (χ4n) is 2.90. The molecule has 0 spiro atoms. The lowest BCUT2D eigenvalue weighted by Gasteiger charge is -2.26. The Morgan fingerprint density at radius 2 is 1.91 bits per heavy atom. The third kappa shape index (κ3) is 6.02. The second kappa shape index (κ2) is 9.70. The van der Waals surface area contributed by atoms with Gasteiger partial charge in [-0.15, -0.1) is 35.3 Å². The van der Waals surface area contributed by atoms with Gasteiger partial charge in [-0.25, -0.2) is 4.98 Å². The smallest absolute Gasteiger partial charge is 0.191 e. The Morgan fingerprint density at radius 3 is 2.45 bits per heavy atom. The summed E-state index contributed by atoms with van der Waals surface area (Å²) in [4.78, 5) is 10.1. The lowest BCUT2D eigenvalue weighted by Crippen LogP contribution is -2.40. The van der Waals surface area contributed by atoms with Crippen LogP contribution in [0.15, 0.2) is 4.99 Å². The molecule has 0 bridgehead atoms. The van der Waals surface area contributed by atoms with E-state index in [9.17, 15) is 0 Å². The number of nitrogens with one attached hydrogen (secondary N) is 2. The van der Waals surface area contributed by atoms with Gasteiger partial charge in [0, 0.05) is 18.5 Å². The van der Waals surface area contributed by atoms with Gasteiger partial charge in [-0.05, 0) is 38.5 Å². The van der Waals surface area contributed by atoms with Crippen LogP contribution in [0.1, 0.15) is 48.2 Å². The monoisotopic (exact) mass is 436 g/mol. The zero-order valence-corrected chi connectivity index (χ0v) is 17.3. The molecular weight excluding hydrogens is 407 g/mol. The molecule has 6 heteroatoms. The summed E-state index contributed by atoms with van der Waals surface area (Å²) in [5.41, 5.74) is 1.13. The number of aliphatic imine (C=N–C) groups is 1. The summed E-state index contributed by atoms with van der Waals surface area (Å²) in [6.07, 6.45) is 5.44. The van der Waals surface area contributed by atoms with Crippen molar-refractivity contribution in [3.8, 4) is 0 Å². The molecule has 0 aliphatic heterocycles. The summed E-state index contributed by atoms with van der Waals surface area (Å²) in [6, 6.07) is 0. The Morgan fingerprint density at radius 1 is 1.23 bits per heavy atom. The molecule has 2 rings (SSSR count). The molecule has 22 heavy (non-hydrogen) atoms. The van der Waals surface area contributed by atoms with Crippen LogP contribution in [0.25, 0.3) is 0 Å². The van der Waals surface area contributed by atoms with Crippen molar-refractivity contribution < 1.29 is 0 Å². The minimum Gasteiger partial charge on any atom is -0.356 e. The van der Waals surface area contributed by atoms with Crippen molar-refractivity contribution in [1.82, 2.24) is 15.6 Å². The van der Waals surface area contributed by atoms with Crippen molar-refractivity contribution in [2.24, 2.45) is 16.8 Å². The summed E-state index contributed by atoms with van der Waals surface area (Å²) < 4.78 is 0. The average Bonchev–Trinajstić information content (AvgIpc) is 2.79. The number of aromatic nitrogens is 1. The Bertz CT molecular complexity index is 478. The fourth-order valence-corrected chi connectivity index (χ4v) is 3.77. The van der Waals surface area contributed by atoms with Crippen molar-refractivity contribution in [3.63, 3.8) is 0 Å². The number of nitrogens with zero attached hydrogens (tertiary/aromatic N) is 2. The molecule has 0 unspecified atom stereocenters. The first-order valence-electron chi connectivity index (χ1n) is 7.96. The molecule has 4 nitrogen and oxygen atoms in total. The van der Waals surface area contributed by atoms with Crippen molar-refractivity contribution in [2.75, 3.05) is 13.6 Å². The molecule has 1 heterocycles. The SMILES string of the molecule is CN=C(NCc1sc(C)nc1C)NCC1CCC(C)CC1.I. The third-order valence-electron chi connectivity index (χ3n) is 4.33. The van der Waals surface area contributed by atoms with E-state index in [0.29, 0.717) is 0 Å². The predicted octanol–water partition coefficient (Wildman–Crippen LogP) is 3.87. The Hall–Kier alpha value is -0.370. The van der Waals surface area contributed by atoms with E-state index in [0.717, 1.165) is 41.6 Å². The van der Waals surface area contributed by atoms with Crippen LogP contribution in [0.4, 0.5) is 0 Å². The number of halogens is 1. The first-order chi connectivity index (χ1) is 10.1. The number of hydrogen-bond donors (Lipinski definition) is 2. The summed E-state index contributed by atoms with van der Waals surface area (Å²) in [7, 11) is 1.84. The van der Waals surface area contributed by atoms with Crippen LogP contribution >= 0.6 is 35.3 Å². The van der Waals surface area contributed by atoms with Crippen LogP contribution in [0, 0.1) is 25.7 Å². The lowest BCUT2D eigenvalue weighted by atomic mass is 9.83. The average molecular weight is 436 g/mol. The zero-order chi connectivity index (χ0) is 15.2. The maximum Gasteiger partial charge on any atom is 0.191 e. The second-order valence-electron chi connectivity index (χ2n) is 6.17. The normalized spacial score (nSPS) is 22.1. The lowest BCUT2D eigenvalue weighted by molar-refractivity contribution is 0.289. The fraction of sp³-hybridized carbons (Fsp3) is 0.750. The van der Waals surface area contributed by atoms with Crippen LogP contribution in [0.3, 0.4) is 0 Å². The van der Waals surface area contributed by atoms with Gasteiger partial charge in [-0.3, -0.25) is 4.99 Å². The van der Waals surface area contributed by atoms with Crippen LogP contribution in [0.5, 0.6) is 0 Å². The Labute approximate surface area is 155 Å². The molecule has 0 saturated heterocycles. The molecule has 0 amide bonds. The summed E-state index contributed by atoms with van der Waals surface area (Å²) >= 11 is 1.76. The van der Waals surface area contributed by atoms with Gasteiger partial charge >= 0.3 is 0 Å². The van der Waals surface area contributed by atoms with E-state index in [1.165, 1.54) is 30.6 Å². The van der Waals surface area contributed by atoms with E-state index in [-0.39, 0.29) is 24.0 Å². The van der Waals surface area contributed by atoms with Crippen molar-refractivity contribution in [1.29, 1.82) is 0 Å². The Kier molecular flexibility index (Phi) is 8.67. The van der Waals surface area contributed by atoms with Crippen molar-refractivity contribution in [3.05, 3.63) is 15.6 Å². The van der Waals surface area contributed by atoms with E-state index >= 15 is 0 Å². The zero-order valence-electron chi connectivity index (χ0n) is 14.1. The van der Waals surface area contributed by atoms with Crippen molar-refractivity contribution >= 4 is 41.3 Å². The molecule has 2 N–H and O–H groups in total. The molecule has 126 valence electrons. The minimum atomic E-state index is 0. The Balaban J connectivity index is 0.00000242. The number of hydrogen-bond acceptors (Lipinski definition) is 3. The predicted molar refractivity (Wildman–Crippen MR) is 106 cm³/mol.